The van der Waals surface area contributed by atoms with Crippen LogP contribution in [0.1, 0.15) is 30.3 Å². The van der Waals surface area contributed by atoms with E-state index in [-0.39, 0.29) is 12.5 Å². The topological polar surface area (TPSA) is 81.9 Å². The average molecular weight is 349 g/mol. The number of anilines is 1. The maximum atomic E-state index is 11.4. The van der Waals surface area contributed by atoms with Crippen molar-refractivity contribution < 1.29 is 9.53 Å². The number of rotatable bonds is 5. The minimum Gasteiger partial charge on any atom is -0.486 e. The van der Waals surface area contributed by atoms with Crippen molar-refractivity contribution in [3.63, 3.8) is 0 Å². The Morgan fingerprint density at radius 3 is 2.81 bits per heavy atom. The van der Waals surface area contributed by atoms with Crippen LogP contribution in [0.3, 0.4) is 0 Å². The standard InChI is InChI=1S/C19H19N5O2/c1-2-13-3-6-15(7-4-13)24-18(21-22-23-24)12-26-16-8-9-17-14(11-16)5-10-19(25)20-17/h3-4,6-9,11H,2,5,10,12H2,1H3,(H,20,25). The molecule has 0 aliphatic carbocycles. The second kappa shape index (κ2) is 6.95. The number of hydrogen-bond acceptors (Lipinski definition) is 5. The molecule has 1 aliphatic heterocycles. The molecule has 132 valence electrons. The van der Waals surface area contributed by atoms with Crippen molar-refractivity contribution in [1.82, 2.24) is 20.2 Å². The molecule has 0 bridgehead atoms. The Balaban J connectivity index is 1.49. The second-order valence-electron chi connectivity index (χ2n) is 6.18. The van der Waals surface area contributed by atoms with Crippen LogP contribution in [0.2, 0.25) is 0 Å². The van der Waals surface area contributed by atoms with Crippen LogP contribution in [-0.2, 0) is 24.2 Å². The van der Waals surface area contributed by atoms with E-state index in [9.17, 15) is 4.79 Å². The van der Waals surface area contributed by atoms with Crippen LogP contribution in [0.25, 0.3) is 5.69 Å². The van der Waals surface area contributed by atoms with E-state index in [0.29, 0.717) is 12.2 Å². The van der Waals surface area contributed by atoms with Crippen LogP contribution in [0, 0.1) is 0 Å². The van der Waals surface area contributed by atoms with Crippen LogP contribution in [-0.4, -0.2) is 26.1 Å². The molecule has 0 saturated heterocycles. The summed E-state index contributed by atoms with van der Waals surface area (Å²) >= 11 is 0. The summed E-state index contributed by atoms with van der Waals surface area (Å²) in [5, 5.41) is 14.8. The average Bonchev–Trinajstić information content (AvgIpc) is 3.15. The van der Waals surface area contributed by atoms with E-state index in [0.717, 1.165) is 35.5 Å². The zero-order chi connectivity index (χ0) is 17.9. The van der Waals surface area contributed by atoms with E-state index in [4.69, 9.17) is 4.74 Å². The summed E-state index contributed by atoms with van der Waals surface area (Å²) in [6.07, 6.45) is 2.22. The number of aromatic nitrogens is 4. The van der Waals surface area contributed by atoms with E-state index in [1.54, 1.807) is 4.68 Å². The third kappa shape index (κ3) is 3.28. The van der Waals surface area contributed by atoms with Gasteiger partial charge in [0.1, 0.15) is 12.4 Å². The molecule has 0 fully saturated rings. The number of fused-ring (bicyclic) bond motifs is 1. The van der Waals surface area contributed by atoms with Gasteiger partial charge in [-0.25, -0.2) is 0 Å². The first kappa shape index (κ1) is 16.3. The monoisotopic (exact) mass is 349 g/mol. The Hall–Kier alpha value is -3.22. The van der Waals surface area contributed by atoms with Gasteiger partial charge in [0.25, 0.3) is 0 Å². The molecule has 0 saturated carbocycles. The Kier molecular flexibility index (Phi) is 4.35. The summed E-state index contributed by atoms with van der Waals surface area (Å²) < 4.78 is 7.55. The highest BCUT2D eigenvalue weighted by atomic mass is 16.5. The first-order valence-electron chi connectivity index (χ1n) is 8.65. The second-order valence-corrected chi connectivity index (χ2v) is 6.18. The lowest BCUT2D eigenvalue weighted by Crippen LogP contribution is -2.18. The molecule has 0 spiro atoms. The molecule has 0 unspecified atom stereocenters. The maximum Gasteiger partial charge on any atom is 0.224 e. The number of nitrogens with one attached hydrogen (secondary N) is 1. The number of nitrogens with zero attached hydrogens (tertiary/aromatic N) is 4. The summed E-state index contributed by atoms with van der Waals surface area (Å²) in [4.78, 5) is 11.4. The lowest BCUT2D eigenvalue weighted by molar-refractivity contribution is -0.116. The van der Waals surface area contributed by atoms with Gasteiger partial charge in [-0.05, 0) is 64.7 Å². The minimum atomic E-state index is 0.0550. The van der Waals surface area contributed by atoms with Gasteiger partial charge in [-0.1, -0.05) is 19.1 Å². The van der Waals surface area contributed by atoms with Crippen LogP contribution in [0.15, 0.2) is 42.5 Å². The number of carbonyl (C=O) groups excluding carboxylic acids is 1. The van der Waals surface area contributed by atoms with Gasteiger partial charge in [-0.2, -0.15) is 4.68 Å². The van der Waals surface area contributed by atoms with Gasteiger partial charge in [0.15, 0.2) is 5.82 Å². The van der Waals surface area contributed by atoms with Crippen molar-refractivity contribution in [3.05, 3.63) is 59.4 Å². The van der Waals surface area contributed by atoms with Crippen molar-refractivity contribution in [2.24, 2.45) is 0 Å². The molecule has 2 aromatic carbocycles. The summed E-state index contributed by atoms with van der Waals surface area (Å²) in [7, 11) is 0. The molecular weight excluding hydrogens is 330 g/mol. The lowest BCUT2D eigenvalue weighted by Gasteiger charge is -2.17. The van der Waals surface area contributed by atoms with E-state index in [1.165, 1.54) is 5.56 Å². The minimum absolute atomic E-state index is 0.0550. The first-order chi connectivity index (χ1) is 12.7. The Labute approximate surface area is 151 Å². The molecule has 3 aromatic rings. The Morgan fingerprint density at radius 1 is 1.15 bits per heavy atom. The van der Waals surface area contributed by atoms with Gasteiger partial charge >= 0.3 is 0 Å². The number of amides is 1. The number of tetrazole rings is 1. The zero-order valence-corrected chi connectivity index (χ0v) is 14.5. The predicted molar refractivity (Wildman–Crippen MR) is 96.3 cm³/mol. The van der Waals surface area contributed by atoms with Crippen LogP contribution >= 0.6 is 0 Å². The molecule has 0 radical (unpaired) electrons. The number of carbonyl (C=O) groups is 1. The van der Waals surface area contributed by atoms with E-state index in [1.807, 2.05) is 30.3 Å². The highest BCUT2D eigenvalue weighted by Crippen LogP contribution is 2.27. The van der Waals surface area contributed by atoms with Gasteiger partial charge in [-0.3, -0.25) is 4.79 Å². The first-order valence-corrected chi connectivity index (χ1v) is 8.65. The molecule has 0 atom stereocenters. The number of benzene rings is 2. The highest BCUT2D eigenvalue weighted by Gasteiger charge is 2.15. The van der Waals surface area contributed by atoms with Crippen molar-refractivity contribution in [2.45, 2.75) is 32.8 Å². The maximum absolute atomic E-state index is 11.4. The molecule has 1 N–H and O–H groups in total. The fraction of sp³-hybridized carbons (Fsp3) is 0.263. The quantitative estimate of drug-likeness (QED) is 0.766. The van der Waals surface area contributed by atoms with Crippen molar-refractivity contribution in [2.75, 3.05) is 5.32 Å². The van der Waals surface area contributed by atoms with E-state index in [2.05, 4.69) is 39.9 Å². The van der Waals surface area contributed by atoms with Gasteiger partial charge in [0.2, 0.25) is 5.91 Å². The fourth-order valence-corrected chi connectivity index (χ4v) is 2.97. The van der Waals surface area contributed by atoms with Gasteiger partial charge in [0, 0.05) is 12.1 Å². The normalized spacial score (nSPS) is 13.2. The number of hydrogen-bond donors (Lipinski definition) is 1. The smallest absolute Gasteiger partial charge is 0.224 e. The Bertz CT molecular complexity index is 933. The SMILES string of the molecule is CCc1ccc(-n2nnnc2COc2ccc3c(c2)CCC(=O)N3)cc1. The largest absolute Gasteiger partial charge is 0.486 e. The molecular formula is C19H19N5O2. The molecule has 1 aliphatic rings. The molecule has 1 aromatic heterocycles. The van der Waals surface area contributed by atoms with Crippen LogP contribution < -0.4 is 10.1 Å². The molecule has 2 heterocycles. The lowest BCUT2D eigenvalue weighted by atomic mass is 10.0. The van der Waals surface area contributed by atoms with E-state index >= 15 is 0 Å². The van der Waals surface area contributed by atoms with Crippen LogP contribution in [0.4, 0.5) is 5.69 Å². The summed E-state index contributed by atoms with van der Waals surface area (Å²) in [6, 6.07) is 13.8. The Morgan fingerprint density at radius 2 is 2.00 bits per heavy atom. The molecule has 7 heteroatoms. The summed E-state index contributed by atoms with van der Waals surface area (Å²) in [5.74, 6) is 1.41. The van der Waals surface area contributed by atoms with Crippen molar-refractivity contribution >= 4 is 11.6 Å². The van der Waals surface area contributed by atoms with Crippen molar-refractivity contribution in [3.8, 4) is 11.4 Å². The van der Waals surface area contributed by atoms with Gasteiger partial charge in [0.05, 0.1) is 5.69 Å². The van der Waals surface area contributed by atoms with Crippen molar-refractivity contribution in [1.29, 1.82) is 0 Å². The third-order valence-electron chi connectivity index (χ3n) is 4.46. The number of aryl methyl sites for hydroxylation is 2. The van der Waals surface area contributed by atoms with Gasteiger partial charge < -0.3 is 10.1 Å². The molecule has 4 rings (SSSR count). The van der Waals surface area contributed by atoms with Crippen LogP contribution in [0.5, 0.6) is 5.75 Å². The third-order valence-corrected chi connectivity index (χ3v) is 4.46. The molecule has 26 heavy (non-hydrogen) atoms. The predicted octanol–water partition coefficient (Wildman–Crippen LogP) is 2.69. The highest BCUT2D eigenvalue weighted by molar-refractivity contribution is 5.93. The summed E-state index contributed by atoms with van der Waals surface area (Å²) in [5.41, 5.74) is 4.10. The van der Waals surface area contributed by atoms with E-state index < -0.39 is 0 Å². The zero-order valence-electron chi connectivity index (χ0n) is 14.5. The molecule has 1 amide bonds. The molecule has 7 nitrogen and oxygen atoms in total. The summed E-state index contributed by atoms with van der Waals surface area (Å²) in [6.45, 7) is 2.38. The fourth-order valence-electron chi connectivity index (χ4n) is 2.97. The van der Waals surface area contributed by atoms with Gasteiger partial charge in [-0.15, -0.1) is 5.10 Å². The number of ether oxygens (including phenoxy) is 1.